The van der Waals surface area contributed by atoms with Crippen LogP contribution in [0.5, 0.6) is 11.5 Å². The number of ether oxygens (including phenoxy) is 2. The average Bonchev–Trinajstić information content (AvgIpc) is 3.16. The summed E-state index contributed by atoms with van der Waals surface area (Å²) in [7, 11) is 3.35. The van der Waals surface area contributed by atoms with E-state index in [9.17, 15) is 5.26 Å². The highest BCUT2D eigenvalue weighted by Gasteiger charge is 2.17. The van der Waals surface area contributed by atoms with E-state index in [2.05, 4.69) is 46.0 Å². The first-order chi connectivity index (χ1) is 15.6. The van der Waals surface area contributed by atoms with Crippen molar-refractivity contribution in [2.45, 2.75) is 6.92 Å². The summed E-state index contributed by atoms with van der Waals surface area (Å²) < 4.78 is 13.2. The minimum absolute atomic E-state index is 0.640. The number of fused-ring (bicyclic) bond motifs is 3. The third-order valence-corrected chi connectivity index (χ3v) is 5.87. The minimum Gasteiger partial charge on any atom is -0.497 e. The zero-order valence-electron chi connectivity index (χ0n) is 18.1. The lowest BCUT2D eigenvalue weighted by Crippen LogP contribution is -2.00. The number of rotatable bonds is 4. The van der Waals surface area contributed by atoms with Gasteiger partial charge in [-0.05, 0) is 78.7 Å². The van der Waals surface area contributed by atoms with Gasteiger partial charge in [-0.15, -0.1) is 0 Å². The molecule has 3 aromatic carbocycles. The first kappa shape index (κ1) is 19.7. The molecule has 5 nitrogen and oxygen atoms in total. The average molecular weight is 419 g/mol. The number of methoxy groups -OCH3 is 2. The summed E-state index contributed by atoms with van der Waals surface area (Å²) in [5.41, 5.74) is 6.64. The second kappa shape index (κ2) is 7.75. The van der Waals surface area contributed by atoms with Crippen LogP contribution in [-0.4, -0.2) is 23.8 Å². The van der Waals surface area contributed by atoms with Crippen LogP contribution in [0.1, 0.15) is 11.1 Å². The molecule has 0 fully saturated rings. The third kappa shape index (κ3) is 3.05. The van der Waals surface area contributed by atoms with Crippen molar-refractivity contribution in [3.8, 4) is 34.4 Å². The lowest BCUT2D eigenvalue weighted by Gasteiger charge is -2.15. The highest BCUT2D eigenvalue weighted by Crippen LogP contribution is 2.38. The zero-order valence-corrected chi connectivity index (χ0v) is 18.1. The predicted molar refractivity (Wildman–Crippen MR) is 127 cm³/mol. The van der Waals surface area contributed by atoms with E-state index in [-0.39, 0.29) is 0 Å². The number of pyridine rings is 1. The van der Waals surface area contributed by atoms with Crippen LogP contribution in [0.2, 0.25) is 0 Å². The van der Waals surface area contributed by atoms with Gasteiger partial charge in [-0.25, -0.2) is 0 Å². The summed E-state index contributed by atoms with van der Waals surface area (Å²) in [4.78, 5) is 4.12. The molecule has 32 heavy (non-hydrogen) atoms. The number of aromatic nitrogens is 2. The SMILES string of the molecule is COc1ccc2c(c1)c1cc(OC)ccc1n2-c1cc(-c2ccncc2)c(C#N)cc1C. The van der Waals surface area contributed by atoms with Gasteiger partial charge >= 0.3 is 0 Å². The molecular weight excluding hydrogens is 398 g/mol. The number of nitrogens with zero attached hydrogens (tertiary/aromatic N) is 3. The molecule has 0 saturated carbocycles. The Hall–Kier alpha value is -4.30. The molecule has 0 N–H and O–H groups in total. The fourth-order valence-corrected chi connectivity index (χ4v) is 4.30. The molecule has 0 amide bonds. The summed E-state index contributed by atoms with van der Waals surface area (Å²) >= 11 is 0. The van der Waals surface area contributed by atoms with E-state index >= 15 is 0 Å². The second-order valence-electron chi connectivity index (χ2n) is 7.63. The summed E-state index contributed by atoms with van der Waals surface area (Å²) in [6.45, 7) is 2.04. The van der Waals surface area contributed by atoms with Gasteiger partial charge < -0.3 is 14.0 Å². The number of hydrogen-bond donors (Lipinski definition) is 0. The molecule has 2 heterocycles. The lowest BCUT2D eigenvalue weighted by atomic mass is 9.97. The molecule has 0 aliphatic carbocycles. The second-order valence-corrected chi connectivity index (χ2v) is 7.63. The Kier molecular flexibility index (Phi) is 4.76. The summed E-state index contributed by atoms with van der Waals surface area (Å²) in [6, 6.07) is 22.4. The van der Waals surface area contributed by atoms with Gasteiger partial charge in [0.1, 0.15) is 11.5 Å². The van der Waals surface area contributed by atoms with Gasteiger partial charge in [-0.1, -0.05) is 0 Å². The molecule has 0 bridgehead atoms. The molecule has 0 radical (unpaired) electrons. The monoisotopic (exact) mass is 419 g/mol. The van der Waals surface area contributed by atoms with Gasteiger partial charge in [0, 0.05) is 34.4 Å². The molecule has 0 unspecified atom stereocenters. The van der Waals surface area contributed by atoms with Gasteiger partial charge in [0.25, 0.3) is 0 Å². The van der Waals surface area contributed by atoms with E-state index in [1.54, 1.807) is 26.6 Å². The molecule has 5 heteroatoms. The third-order valence-electron chi connectivity index (χ3n) is 5.87. The first-order valence-electron chi connectivity index (χ1n) is 10.3. The highest BCUT2D eigenvalue weighted by molar-refractivity contribution is 6.10. The number of hydrogen-bond acceptors (Lipinski definition) is 4. The quantitative estimate of drug-likeness (QED) is 0.356. The standard InChI is InChI=1S/C27H21N3O2/c1-17-12-19(16-28)22(18-8-10-29-11-9-18)15-27(17)30-25-6-4-20(31-2)13-23(25)24-14-21(32-3)5-7-26(24)30/h4-15H,1-3H3. The molecule has 0 aliphatic heterocycles. The molecule has 0 spiro atoms. The topological polar surface area (TPSA) is 60.1 Å². The first-order valence-corrected chi connectivity index (χ1v) is 10.3. The Morgan fingerprint density at radius 3 is 1.94 bits per heavy atom. The fraction of sp³-hybridized carbons (Fsp3) is 0.111. The van der Waals surface area contributed by atoms with Gasteiger partial charge in [-0.2, -0.15) is 5.26 Å². The molecular formula is C27H21N3O2. The molecule has 0 saturated heterocycles. The van der Waals surface area contributed by atoms with Crippen molar-refractivity contribution in [3.63, 3.8) is 0 Å². The number of nitriles is 1. The molecule has 5 aromatic rings. The highest BCUT2D eigenvalue weighted by atomic mass is 16.5. The Morgan fingerprint density at radius 1 is 0.812 bits per heavy atom. The Bertz CT molecular complexity index is 1450. The van der Waals surface area contributed by atoms with E-state index in [4.69, 9.17) is 9.47 Å². The van der Waals surface area contributed by atoms with Crippen molar-refractivity contribution in [2.24, 2.45) is 0 Å². The molecule has 156 valence electrons. The van der Waals surface area contributed by atoms with Crippen LogP contribution in [0.3, 0.4) is 0 Å². The van der Waals surface area contributed by atoms with E-state index in [0.717, 1.165) is 55.7 Å². The van der Waals surface area contributed by atoms with Crippen LogP contribution >= 0.6 is 0 Å². The van der Waals surface area contributed by atoms with Crippen LogP contribution in [0.4, 0.5) is 0 Å². The number of aryl methyl sites for hydroxylation is 1. The maximum atomic E-state index is 9.78. The van der Waals surface area contributed by atoms with Crippen LogP contribution in [0.25, 0.3) is 38.6 Å². The largest absolute Gasteiger partial charge is 0.497 e. The zero-order chi connectivity index (χ0) is 22.2. The van der Waals surface area contributed by atoms with E-state index in [1.807, 2.05) is 37.3 Å². The predicted octanol–water partition coefficient (Wildman–Crippen LogP) is 6.04. The Morgan fingerprint density at radius 2 is 1.41 bits per heavy atom. The van der Waals surface area contributed by atoms with Gasteiger partial charge in [0.15, 0.2) is 0 Å². The Labute approximate surface area is 186 Å². The van der Waals surface area contributed by atoms with E-state index in [0.29, 0.717) is 5.56 Å². The van der Waals surface area contributed by atoms with E-state index in [1.165, 1.54) is 0 Å². The Balaban J connectivity index is 1.88. The van der Waals surface area contributed by atoms with Crippen LogP contribution in [0.15, 0.2) is 73.1 Å². The van der Waals surface area contributed by atoms with Crippen LogP contribution < -0.4 is 9.47 Å². The maximum Gasteiger partial charge on any atom is 0.119 e. The number of benzene rings is 3. The van der Waals surface area contributed by atoms with Gasteiger partial charge in [-0.3, -0.25) is 4.98 Å². The van der Waals surface area contributed by atoms with Crippen molar-refractivity contribution >= 4 is 21.8 Å². The lowest BCUT2D eigenvalue weighted by molar-refractivity contribution is 0.415. The molecule has 2 aromatic heterocycles. The van der Waals surface area contributed by atoms with Crippen molar-refractivity contribution < 1.29 is 9.47 Å². The van der Waals surface area contributed by atoms with Crippen molar-refractivity contribution in [2.75, 3.05) is 14.2 Å². The molecule has 0 aliphatic rings. The van der Waals surface area contributed by atoms with Crippen molar-refractivity contribution in [1.82, 2.24) is 9.55 Å². The van der Waals surface area contributed by atoms with E-state index < -0.39 is 0 Å². The van der Waals surface area contributed by atoms with Gasteiger partial charge in [0.2, 0.25) is 0 Å². The smallest absolute Gasteiger partial charge is 0.119 e. The van der Waals surface area contributed by atoms with Crippen LogP contribution in [-0.2, 0) is 0 Å². The maximum absolute atomic E-state index is 9.78. The summed E-state index contributed by atoms with van der Waals surface area (Å²) in [5.74, 6) is 1.60. The van der Waals surface area contributed by atoms with Gasteiger partial charge in [0.05, 0.1) is 36.9 Å². The normalized spacial score (nSPS) is 10.9. The van der Waals surface area contributed by atoms with Crippen molar-refractivity contribution in [3.05, 3.63) is 84.2 Å². The minimum atomic E-state index is 0.640. The summed E-state index contributed by atoms with van der Waals surface area (Å²) in [5, 5.41) is 11.9. The fourth-order valence-electron chi connectivity index (χ4n) is 4.30. The molecule has 0 atom stereocenters. The summed E-state index contributed by atoms with van der Waals surface area (Å²) in [6.07, 6.45) is 3.49. The van der Waals surface area contributed by atoms with Crippen LogP contribution in [0, 0.1) is 18.3 Å². The van der Waals surface area contributed by atoms with Crippen molar-refractivity contribution in [1.29, 1.82) is 5.26 Å². The molecule has 5 rings (SSSR count).